The Kier molecular flexibility index (Phi) is 7.43. The van der Waals surface area contributed by atoms with Gasteiger partial charge < -0.3 is 15.2 Å². The van der Waals surface area contributed by atoms with Crippen LogP contribution >= 0.6 is 0 Å². The van der Waals surface area contributed by atoms with Crippen molar-refractivity contribution >= 4 is 11.9 Å². The molecular formula is C17H25NO4. The summed E-state index contributed by atoms with van der Waals surface area (Å²) in [6, 6.07) is 6.97. The zero-order chi connectivity index (χ0) is 16.5. The van der Waals surface area contributed by atoms with Crippen molar-refractivity contribution in [2.24, 2.45) is 11.8 Å². The van der Waals surface area contributed by atoms with Crippen LogP contribution in [0.2, 0.25) is 0 Å². The maximum absolute atomic E-state index is 12.0. The van der Waals surface area contributed by atoms with Gasteiger partial charge >= 0.3 is 5.97 Å². The van der Waals surface area contributed by atoms with Crippen molar-refractivity contribution in [2.75, 3.05) is 13.2 Å². The zero-order valence-electron chi connectivity index (χ0n) is 13.5. The number of aliphatic carboxylic acids is 1. The molecule has 0 radical (unpaired) electrons. The summed E-state index contributed by atoms with van der Waals surface area (Å²) in [6.07, 6.45) is 1.03. The van der Waals surface area contributed by atoms with Crippen LogP contribution in [0.5, 0.6) is 5.75 Å². The molecule has 1 rings (SSSR count). The fourth-order valence-corrected chi connectivity index (χ4v) is 1.85. The van der Waals surface area contributed by atoms with Crippen molar-refractivity contribution < 1.29 is 19.4 Å². The molecule has 0 spiro atoms. The minimum atomic E-state index is -0.857. The van der Waals surface area contributed by atoms with E-state index in [1.807, 2.05) is 0 Å². The minimum Gasteiger partial charge on any atom is -0.494 e. The normalized spacial score (nSPS) is 12.0. The fraction of sp³-hybridized carbons (Fsp3) is 0.529. The Morgan fingerprint density at radius 1 is 1.18 bits per heavy atom. The number of rotatable bonds is 9. The van der Waals surface area contributed by atoms with Crippen molar-refractivity contribution in [3.8, 4) is 5.75 Å². The molecular weight excluding hydrogens is 282 g/mol. The first-order valence-electron chi connectivity index (χ1n) is 7.61. The highest BCUT2D eigenvalue weighted by atomic mass is 16.5. The topological polar surface area (TPSA) is 75.6 Å². The van der Waals surface area contributed by atoms with Gasteiger partial charge in [-0.15, -0.1) is 0 Å². The third-order valence-electron chi connectivity index (χ3n) is 3.21. The lowest BCUT2D eigenvalue weighted by Gasteiger charge is -2.11. The zero-order valence-corrected chi connectivity index (χ0v) is 13.5. The molecule has 1 aromatic rings. The average Bonchev–Trinajstić information content (AvgIpc) is 2.44. The van der Waals surface area contributed by atoms with E-state index in [0.717, 1.165) is 12.2 Å². The molecule has 1 aromatic carbocycles. The third-order valence-corrected chi connectivity index (χ3v) is 3.21. The molecule has 122 valence electrons. The van der Waals surface area contributed by atoms with E-state index in [9.17, 15) is 9.59 Å². The Hall–Kier alpha value is -2.04. The quantitative estimate of drug-likeness (QED) is 0.735. The number of carbonyl (C=O) groups is 2. The fourth-order valence-electron chi connectivity index (χ4n) is 1.85. The average molecular weight is 307 g/mol. The van der Waals surface area contributed by atoms with E-state index in [0.29, 0.717) is 24.6 Å². The Balaban J connectivity index is 2.41. The SMILES string of the molecule is CC(C)CCOc1ccc(C(=O)NCC(C)CC(=O)O)cc1. The van der Waals surface area contributed by atoms with Gasteiger partial charge in [0.05, 0.1) is 6.61 Å². The van der Waals surface area contributed by atoms with Gasteiger partial charge in [-0.2, -0.15) is 0 Å². The van der Waals surface area contributed by atoms with E-state index in [1.54, 1.807) is 31.2 Å². The number of nitrogens with one attached hydrogen (secondary N) is 1. The van der Waals surface area contributed by atoms with Crippen LogP contribution in [0.3, 0.4) is 0 Å². The van der Waals surface area contributed by atoms with E-state index in [-0.39, 0.29) is 18.2 Å². The van der Waals surface area contributed by atoms with Gasteiger partial charge in [0, 0.05) is 18.5 Å². The van der Waals surface area contributed by atoms with Crippen LogP contribution in [0.4, 0.5) is 0 Å². The van der Waals surface area contributed by atoms with Gasteiger partial charge in [-0.3, -0.25) is 9.59 Å². The molecule has 22 heavy (non-hydrogen) atoms. The molecule has 0 aromatic heterocycles. The summed E-state index contributed by atoms with van der Waals surface area (Å²) in [5.74, 6) is 0.185. The standard InChI is InChI=1S/C17H25NO4/c1-12(2)8-9-22-15-6-4-14(5-7-15)17(21)18-11-13(3)10-16(19)20/h4-7,12-13H,8-11H2,1-3H3,(H,18,21)(H,19,20). The van der Waals surface area contributed by atoms with Gasteiger partial charge in [0.2, 0.25) is 0 Å². The second kappa shape index (κ2) is 9.07. The summed E-state index contributed by atoms with van der Waals surface area (Å²) in [4.78, 5) is 22.5. The van der Waals surface area contributed by atoms with Gasteiger partial charge in [-0.05, 0) is 42.5 Å². The molecule has 1 atom stereocenters. The van der Waals surface area contributed by atoms with Crippen molar-refractivity contribution in [1.82, 2.24) is 5.32 Å². The van der Waals surface area contributed by atoms with Gasteiger partial charge in [0.1, 0.15) is 5.75 Å². The lowest BCUT2D eigenvalue weighted by molar-refractivity contribution is -0.137. The summed E-state index contributed by atoms with van der Waals surface area (Å²) in [5, 5.41) is 11.4. The second-order valence-electron chi connectivity index (χ2n) is 5.97. The van der Waals surface area contributed by atoms with Crippen LogP contribution in [0.1, 0.15) is 44.0 Å². The van der Waals surface area contributed by atoms with E-state index < -0.39 is 5.97 Å². The third kappa shape index (κ3) is 7.11. The van der Waals surface area contributed by atoms with Crippen molar-refractivity contribution in [3.63, 3.8) is 0 Å². The Morgan fingerprint density at radius 3 is 2.36 bits per heavy atom. The molecule has 0 aliphatic carbocycles. The van der Waals surface area contributed by atoms with E-state index in [2.05, 4.69) is 19.2 Å². The first-order valence-corrected chi connectivity index (χ1v) is 7.61. The molecule has 1 amide bonds. The lowest BCUT2D eigenvalue weighted by Crippen LogP contribution is -2.29. The number of carbonyl (C=O) groups excluding carboxylic acids is 1. The minimum absolute atomic E-state index is 0.0446. The molecule has 5 heteroatoms. The molecule has 0 heterocycles. The van der Waals surface area contributed by atoms with Gasteiger partial charge in [-0.1, -0.05) is 20.8 Å². The first kappa shape index (κ1) is 18.0. The lowest BCUT2D eigenvalue weighted by atomic mass is 10.1. The van der Waals surface area contributed by atoms with Crippen LogP contribution in [0.15, 0.2) is 24.3 Å². The van der Waals surface area contributed by atoms with Gasteiger partial charge in [0.25, 0.3) is 5.91 Å². The molecule has 0 bridgehead atoms. The highest BCUT2D eigenvalue weighted by Gasteiger charge is 2.10. The number of hydrogen-bond donors (Lipinski definition) is 2. The largest absolute Gasteiger partial charge is 0.494 e. The molecule has 0 aliphatic rings. The van der Waals surface area contributed by atoms with Crippen molar-refractivity contribution in [3.05, 3.63) is 29.8 Å². The monoisotopic (exact) mass is 307 g/mol. The van der Waals surface area contributed by atoms with Crippen molar-refractivity contribution in [2.45, 2.75) is 33.6 Å². The highest BCUT2D eigenvalue weighted by molar-refractivity contribution is 5.94. The summed E-state index contributed by atoms with van der Waals surface area (Å²) in [5.41, 5.74) is 0.540. The molecule has 0 fully saturated rings. The van der Waals surface area contributed by atoms with Gasteiger partial charge in [-0.25, -0.2) is 0 Å². The smallest absolute Gasteiger partial charge is 0.303 e. The molecule has 0 saturated heterocycles. The molecule has 0 saturated carbocycles. The number of carboxylic acid groups (broad SMARTS) is 1. The van der Waals surface area contributed by atoms with E-state index >= 15 is 0 Å². The molecule has 0 aliphatic heterocycles. The van der Waals surface area contributed by atoms with E-state index in [4.69, 9.17) is 9.84 Å². The maximum atomic E-state index is 12.0. The molecule has 2 N–H and O–H groups in total. The number of amides is 1. The predicted molar refractivity (Wildman–Crippen MR) is 85.1 cm³/mol. The number of hydrogen-bond acceptors (Lipinski definition) is 3. The predicted octanol–water partition coefficient (Wildman–Crippen LogP) is 2.95. The Morgan fingerprint density at radius 2 is 1.82 bits per heavy atom. The Bertz CT molecular complexity index is 482. The second-order valence-corrected chi connectivity index (χ2v) is 5.97. The van der Waals surface area contributed by atoms with E-state index in [1.165, 1.54) is 0 Å². The molecule has 1 unspecified atom stereocenters. The first-order chi connectivity index (χ1) is 10.4. The van der Waals surface area contributed by atoms with Crippen molar-refractivity contribution in [1.29, 1.82) is 0 Å². The molecule has 5 nitrogen and oxygen atoms in total. The number of ether oxygens (including phenoxy) is 1. The Labute approximate surface area is 131 Å². The number of carboxylic acids is 1. The maximum Gasteiger partial charge on any atom is 0.303 e. The summed E-state index contributed by atoms with van der Waals surface area (Å²) < 4.78 is 5.60. The summed E-state index contributed by atoms with van der Waals surface area (Å²) in [6.45, 7) is 7.08. The van der Waals surface area contributed by atoms with Gasteiger partial charge in [0.15, 0.2) is 0 Å². The van der Waals surface area contributed by atoms with Crippen LogP contribution in [-0.4, -0.2) is 30.1 Å². The summed E-state index contributed by atoms with van der Waals surface area (Å²) in [7, 11) is 0. The number of benzene rings is 1. The van der Waals surface area contributed by atoms with Crippen LogP contribution < -0.4 is 10.1 Å². The summed E-state index contributed by atoms with van der Waals surface area (Å²) >= 11 is 0. The van der Waals surface area contributed by atoms with Crippen LogP contribution in [-0.2, 0) is 4.79 Å². The van der Waals surface area contributed by atoms with Crippen LogP contribution in [0, 0.1) is 11.8 Å². The van der Waals surface area contributed by atoms with Crippen LogP contribution in [0.25, 0.3) is 0 Å². The highest BCUT2D eigenvalue weighted by Crippen LogP contribution is 2.13.